The minimum Gasteiger partial charge on any atom is -0.487 e. The number of carbonyl (C=O) groups excluding carboxylic acids is 1. The first kappa shape index (κ1) is 23.6. The number of carbonyl (C=O) groups is 1. The summed E-state index contributed by atoms with van der Waals surface area (Å²) in [6.07, 6.45) is 5.78. The van der Waals surface area contributed by atoms with Gasteiger partial charge in [-0.3, -0.25) is 0 Å². The molecule has 143 valence electrons. The molecule has 1 heterocycles. The fourth-order valence-corrected chi connectivity index (χ4v) is 3.72. The molecule has 1 saturated heterocycles. The van der Waals surface area contributed by atoms with Crippen molar-refractivity contribution in [1.82, 2.24) is 0 Å². The van der Waals surface area contributed by atoms with E-state index >= 15 is 0 Å². The van der Waals surface area contributed by atoms with Crippen LogP contribution >= 0.6 is 0 Å². The van der Waals surface area contributed by atoms with Crippen LogP contribution in [0.5, 0.6) is 5.75 Å². The van der Waals surface area contributed by atoms with Crippen LogP contribution in [0.3, 0.4) is 0 Å². The normalized spacial score (nSPS) is 16.3. The number of hydrogen-bond donors (Lipinski definition) is 0. The average molecular weight is 437 g/mol. The van der Waals surface area contributed by atoms with Crippen LogP contribution < -0.4 is 4.74 Å². The second kappa shape index (κ2) is 12.1. The Hall–Kier alpha value is -0.446. The Labute approximate surface area is 184 Å². The van der Waals surface area contributed by atoms with Gasteiger partial charge in [-0.1, -0.05) is 25.1 Å². The molecule has 26 heavy (non-hydrogen) atoms. The van der Waals surface area contributed by atoms with Gasteiger partial charge in [-0.05, 0) is 57.1 Å². The van der Waals surface area contributed by atoms with Crippen LogP contribution in [0.15, 0.2) is 18.2 Å². The third-order valence-corrected chi connectivity index (χ3v) is 5.17. The van der Waals surface area contributed by atoms with E-state index < -0.39 is 0 Å². The number of benzene rings is 1. The molecule has 0 spiro atoms. The van der Waals surface area contributed by atoms with Crippen molar-refractivity contribution in [3.8, 4) is 5.75 Å². The van der Waals surface area contributed by atoms with Crippen LogP contribution in [0.2, 0.25) is 0 Å². The standard InChI is InChI=1S/C21H34NO3.Y/c1-4-15-24-20(23)17-22(12-7-5-6-8-13-22)14-16-25-21-18(2)10-9-11-19(21)3;/h9-11H,4-8,12-17H2,1-3H3;/q+1;. The number of aryl methyl sites for hydroxylation is 2. The molecule has 1 fully saturated rings. The molecule has 0 aliphatic carbocycles. The number of quaternary nitrogens is 1. The van der Waals surface area contributed by atoms with E-state index in [9.17, 15) is 4.79 Å². The largest absolute Gasteiger partial charge is 0.487 e. The number of nitrogens with zero attached hydrogens (tertiary/aromatic N) is 1. The maximum absolute atomic E-state index is 12.3. The third kappa shape index (κ3) is 7.29. The van der Waals surface area contributed by atoms with Crippen molar-refractivity contribution in [3.05, 3.63) is 29.3 Å². The summed E-state index contributed by atoms with van der Waals surface area (Å²) in [6.45, 7) is 10.8. The molecule has 1 aliphatic rings. The quantitative estimate of drug-likeness (QED) is 0.455. The molecule has 4 nitrogen and oxygen atoms in total. The van der Waals surface area contributed by atoms with Gasteiger partial charge in [0.25, 0.3) is 0 Å². The van der Waals surface area contributed by atoms with Gasteiger partial charge in [0.05, 0.1) is 19.7 Å². The van der Waals surface area contributed by atoms with E-state index in [0.29, 0.717) is 19.8 Å². The molecule has 1 aromatic rings. The van der Waals surface area contributed by atoms with Crippen LogP contribution in [0.1, 0.15) is 50.2 Å². The van der Waals surface area contributed by atoms with Crippen molar-refractivity contribution in [2.75, 3.05) is 39.4 Å². The Morgan fingerprint density at radius 2 is 1.65 bits per heavy atom. The smallest absolute Gasteiger partial charge is 0.361 e. The molecule has 1 radical (unpaired) electrons. The van der Waals surface area contributed by atoms with Crippen LogP contribution in [-0.4, -0.2) is 49.8 Å². The van der Waals surface area contributed by atoms with E-state index in [1.165, 1.54) is 36.8 Å². The molecule has 0 N–H and O–H groups in total. The molecule has 1 aliphatic heterocycles. The maximum atomic E-state index is 12.3. The summed E-state index contributed by atoms with van der Waals surface area (Å²) in [5.41, 5.74) is 2.34. The number of ether oxygens (including phenoxy) is 2. The molecular weight excluding hydrogens is 403 g/mol. The van der Waals surface area contributed by atoms with E-state index in [0.717, 1.165) is 36.3 Å². The molecular formula is C21H34NO3Y+. The molecule has 2 rings (SSSR count). The van der Waals surface area contributed by atoms with Crippen molar-refractivity contribution >= 4 is 5.97 Å². The van der Waals surface area contributed by atoms with Crippen LogP contribution in [0.4, 0.5) is 0 Å². The zero-order chi connectivity index (χ0) is 18.1. The fourth-order valence-electron chi connectivity index (χ4n) is 3.72. The monoisotopic (exact) mass is 437 g/mol. The van der Waals surface area contributed by atoms with Gasteiger partial charge >= 0.3 is 5.97 Å². The van der Waals surface area contributed by atoms with Gasteiger partial charge in [0.1, 0.15) is 18.9 Å². The molecule has 0 atom stereocenters. The van der Waals surface area contributed by atoms with Crippen molar-refractivity contribution in [3.63, 3.8) is 0 Å². The van der Waals surface area contributed by atoms with Crippen LogP contribution in [0, 0.1) is 13.8 Å². The number of para-hydroxylation sites is 1. The molecule has 0 unspecified atom stereocenters. The van der Waals surface area contributed by atoms with E-state index in [-0.39, 0.29) is 38.7 Å². The SMILES string of the molecule is CCCOC(=O)C[N+]1(CCOc2c(C)cccc2C)CCCCCC1.[Y]. The molecule has 1 aromatic carbocycles. The summed E-state index contributed by atoms with van der Waals surface area (Å²) in [5.74, 6) is 0.930. The maximum Gasteiger partial charge on any atom is 0.361 e. The zero-order valence-electron chi connectivity index (χ0n) is 16.8. The molecule has 5 heteroatoms. The predicted molar refractivity (Wildman–Crippen MR) is 101 cm³/mol. The number of esters is 1. The first-order valence-electron chi connectivity index (χ1n) is 9.76. The Balaban J connectivity index is 0.00000338. The number of likely N-dealkylation sites (tertiary alicyclic amines) is 1. The first-order chi connectivity index (χ1) is 12.1. The first-order valence-corrected chi connectivity index (χ1v) is 9.76. The Bertz CT molecular complexity index is 534. The Kier molecular flexibility index (Phi) is 11.0. The van der Waals surface area contributed by atoms with E-state index in [2.05, 4.69) is 32.0 Å². The van der Waals surface area contributed by atoms with Gasteiger partial charge in [0.15, 0.2) is 6.54 Å². The second-order valence-electron chi connectivity index (χ2n) is 7.37. The van der Waals surface area contributed by atoms with E-state index in [1.54, 1.807) is 0 Å². The third-order valence-electron chi connectivity index (χ3n) is 5.17. The number of hydrogen-bond acceptors (Lipinski definition) is 3. The van der Waals surface area contributed by atoms with Crippen LogP contribution in [0.25, 0.3) is 0 Å². The summed E-state index contributed by atoms with van der Waals surface area (Å²) in [7, 11) is 0. The van der Waals surface area contributed by atoms with Gasteiger partial charge in [-0.2, -0.15) is 0 Å². The van der Waals surface area contributed by atoms with Gasteiger partial charge in [-0.25, -0.2) is 4.79 Å². The van der Waals surface area contributed by atoms with Crippen molar-refractivity contribution in [2.45, 2.75) is 52.9 Å². The minimum absolute atomic E-state index is 0. The van der Waals surface area contributed by atoms with Crippen molar-refractivity contribution < 1.29 is 51.5 Å². The summed E-state index contributed by atoms with van der Waals surface area (Å²) in [4.78, 5) is 12.3. The van der Waals surface area contributed by atoms with Crippen LogP contribution in [-0.2, 0) is 42.2 Å². The molecule has 0 saturated carbocycles. The van der Waals surface area contributed by atoms with Crippen molar-refractivity contribution in [1.29, 1.82) is 0 Å². The zero-order valence-corrected chi connectivity index (χ0v) is 19.6. The molecule has 0 amide bonds. The van der Waals surface area contributed by atoms with Gasteiger partial charge in [0, 0.05) is 32.7 Å². The topological polar surface area (TPSA) is 35.5 Å². The average Bonchev–Trinajstić information content (AvgIpc) is 2.81. The summed E-state index contributed by atoms with van der Waals surface area (Å²) in [6, 6.07) is 6.23. The fraction of sp³-hybridized carbons (Fsp3) is 0.667. The Morgan fingerprint density at radius 1 is 1.04 bits per heavy atom. The second-order valence-corrected chi connectivity index (χ2v) is 7.37. The molecule has 0 aromatic heterocycles. The van der Waals surface area contributed by atoms with Gasteiger partial charge < -0.3 is 14.0 Å². The summed E-state index contributed by atoms with van der Waals surface area (Å²) < 4.78 is 12.3. The molecule has 0 bridgehead atoms. The van der Waals surface area contributed by atoms with Crippen molar-refractivity contribution in [2.24, 2.45) is 0 Å². The number of rotatable bonds is 8. The Morgan fingerprint density at radius 3 is 2.23 bits per heavy atom. The van der Waals surface area contributed by atoms with Gasteiger partial charge in [-0.15, -0.1) is 0 Å². The summed E-state index contributed by atoms with van der Waals surface area (Å²) >= 11 is 0. The van der Waals surface area contributed by atoms with E-state index in [4.69, 9.17) is 9.47 Å². The predicted octanol–water partition coefficient (Wildman–Crippen LogP) is 4.02. The van der Waals surface area contributed by atoms with Gasteiger partial charge in [0.2, 0.25) is 0 Å². The van der Waals surface area contributed by atoms with E-state index in [1.807, 2.05) is 6.92 Å². The summed E-state index contributed by atoms with van der Waals surface area (Å²) in [5, 5.41) is 0. The minimum atomic E-state index is -0.0594.